The standard InChI is InChI=1S/C24H19ClN2O2S2/c25-15-9-7-14(8-10-15)20-18-12-30-13-27(18)24(21(20)22(28)19-6-3-11-31-19)16-4-1-2-5-17(16)26-23(24)29/h1-11,18,20-21H,12-13H2,(H,26,29)/t18-,20+,21-,24-/m0/s1. The summed E-state index contributed by atoms with van der Waals surface area (Å²) < 4.78 is 0. The Morgan fingerprint density at radius 1 is 1.10 bits per heavy atom. The maximum absolute atomic E-state index is 14.1. The van der Waals surface area contributed by atoms with E-state index in [1.165, 1.54) is 11.3 Å². The lowest BCUT2D eigenvalue weighted by Gasteiger charge is -2.36. The first-order valence-electron chi connectivity index (χ1n) is 10.2. The molecular weight excluding hydrogens is 448 g/mol. The third-order valence-electron chi connectivity index (χ3n) is 6.83. The van der Waals surface area contributed by atoms with Crippen molar-refractivity contribution in [3.8, 4) is 0 Å². The van der Waals surface area contributed by atoms with Crippen molar-refractivity contribution >= 4 is 52.1 Å². The molecular formula is C24H19ClN2O2S2. The van der Waals surface area contributed by atoms with Crippen LogP contribution in [0.25, 0.3) is 0 Å². The highest BCUT2D eigenvalue weighted by atomic mass is 35.5. The molecule has 3 aliphatic rings. The average molecular weight is 467 g/mol. The molecule has 1 amide bonds. The van der Waals surface area contributed by atoms with Gasteiger partial charge in [-0.05, 0) is 35.2 Å². The number of thiophene rings is 1. The number of rotatable bonds is 3. The summed E-state index contributed by atoms with van der Waals surface area (Å²) in [6.45, 7) is 0. The first-order chi connectivity index (χ1) is 15.1. The van der Waals surface area contributed by atoms with Crippen LogP contribution in [0.5, 0.6) is 0 Å². The van der Waals surface area contributed by atoms with Crippen molar-refractivity contribution in [3.05, 3.63) is 87.1 Å². The molecule has 31 heavy (non-hydrogen) atoms. The molecule has 0 unspecified atom stereocenters. The molecule has 4 nitrogen and oxygen atoms in total. The number of benzene rings is 2. The van der Waals surface area contributed by atoms with E-state index in [1.807, 2.05) is 77.8 Å². The summed E-state index contributed by atoms with van der Waals surface area (Å²) in [7, 11) is 0. The summed E-state index contributed by atoms with van der Waals surface area (Å²) in [4.78, 5) is 30.8. The Balaban J connectivity index is 1.62. The first-order valence-corrected chi connectivity index (χ1v) is 12.6. The van der Waals surface area contributed by atoms with Gasteiger partial charge in [-0.2, -0.15) is 0 Å². The number of fused-ring (bicyclic) bond motifs is 4. The maximum Gasteiger partial charge on any atom is 0.250 e. The van der Waals surface area contributed by atoms with E-state index in [1.54, 1.807) is 0 Å². The van der Waals surface area contributed by atoms with Crippen LogP contribution in [0.1, 0.15) is 26.7 Å². The highest BCUT2D eigenvalue weighted by Gasteiger charge is 2.69. The second-order valence-electron chi connectivity index (χ2n) is 8.20. The summed E-state index contributed by atoms with van der Waals surface area (Å²) in [5.41, 5.74) is 1.78. The van der Waals surface area contributed by atoms with Gasteiger partial charge in [-0.15, -0.1) is 23.1 Å². The molecule has 4 heterocycles. The van der Waals surface area contributed by atoms with Crippen molar-refractivity contribution in [2.24, 2.45) is 5.92 Å². The summed E-state index contributed by atoms with van der Waals surface area (Å²) in [6.07, 6.45) is 0. The summed E-state index contributed by atoms with van der Waals surface area (Å²) in [5.74, 6) is 0.957. The van der Waals surface area contributed by atoms with E-state index in [0.29, 0.717) is 9.90 Å². The molecule has 3 aliphatic heterocycles. The number of carbonyl (C=O) groups is 2. The number of ketones is 1. The topological polar surface area (TPSA) is 49.4 Å². The molecule has 6 rings (SSSR count). The number of hydrogen-bond donors (Lipinski definition) is 1. The zero-order chi connectivity index (χ0) is 21.2. The van der Waals surface area contributed by atoms with Crippen LogP contribution in [0.2, 0.25) is 5.02 Å². The average Bonchev–Trinajstić information content (AvgIpc) is 3.54. The van der Waals surface area contributed by atoms with Crippen LogP contribution >= 0.6 is 34.7 Å². The van der Waals surface area contributed by atoms with Crippen molar-refractivity contribution in [2.45, 2.75) is 17.5 Å². The van der Waals surface area contributed by atoms with Gasteiger partial charge in [-0.25, -0.2) is 0 Å². The van der Waals surface area contributed by atoms with Crippen molar-refractivity contribution in [3.63, 3.8) is 0 Å². The Morgan fingerprint density at radius 2 is 1.90 bits per heavy atom. The van der Waals surface area contributed by atoms with Gasteiger partial charge in [0.05, 0.1) is 10.8 Å². The third-order valence-corrected chi connectivity index (χ3v) is 9.00. The number of carbonyl (C=O) groups excluding carboxylic acids is 2. The summed E-state index contributed by atoms with van der Waals surface area (Å²) in [6, 6.07) is 19.5. The third kappa shape index (κ3) is 2.65. The van der Waals surface area contributed by atoms with Crippen LogP contribution < -0.4 is 5.32 Å². The number of hydrogen-bond acceptors (Lipinski definition) is 5. The fraction of sp³-hybridized carbons (Fsp3) is 0.250. The van der Waals surface area contributed by atoms with E-state index in [4.69, 9.17) is 11.6 Å². The molecule has 156 valence electrons. The highest BCUT2D eigenvalue weighted by Crippen LogP contribution is 2.61. The fourth-order valence-corrected chi connectivity index (χ4v) is 7.82. The number of nitrogens with one attached hydrogen (secondary N) is 1. The molecule has 0 saturated carbocycles. The minimum absolute atomic E-state index is 0.0428. The largest absolute Gasteiger partial charge is 0.324 e. The van der Waals surface area contributed by atoms with Gasteiger partial charge in [-0.3, -0.25) is 14.5 Å². The molecule has 2 fully saturated rings. The number of nitrogens with zero attached hydrogens (tertiary/aromatic N) is 1. The second kappa shape index (κ2) is 7.20. The smallest absolute Gasteiger partial charge is 0.250 e. The molecule has 4 atom stereocenters. The maximum atomic E-state index is 14.1. The number of anilines is 1. The van der Waals surface area contributed by atoms with Gasteiger partial charge < -0.3 is 5.32 Å². The predicted molar refractivity (Wildman–Crippen MR) is 126 cm³/mol. The van der Waals surface area contributed by atoms with Gasteiger partial charge >= 0.3 is 0 Å². The zero-order valence-corrected chi connectivity index (χ0v) is 18.8. The fourth-order valence-electron chi connectivity index (χ4n) is 5.66. The predicted octanol–water partition coefficient (Wildman–Crippen LogP) is 5.22. The lowest BCUT2D eigenvalue weighted by atomic mass is 9.70. The lowest BCUT2D eigenvalue weighted by Crippen LogP contribution is -2.52. The molecule has 2 saturated heterocycles. The monoisotopic (exact) mass is 466 g/mol. The molecule has 2 aromatic carbocycles. The van der Waals surface area contributed by atoms with Gasteiger partial charge in [0, 0.05) is 39.9 Å². The van der Waals surface area contributed by atoms with Gasteiger partial charge in [0.15, 0.2) is 5.78 Å². The minimum atomic E-state index is -1.00. The molecule has 0 radical (unpaired) electrons. The van der Waals surface area contributed by atoms with Gasteiger partial charge in [0.25, 0.3) is 0 Å². The molecule has 1 aromatic heterocycles. The van der Waals surface area contributed by atoms with Crippen LogP contribution in [0.15, 0.2) is 66.0 Å². The number of Topliss-reactive ketones (excluding diaryl/α,β-unsaturated/α-hetero) is 1. The van der Waals surface area contributed by atoms with Crippen LogP contribution in [0.4, 0.5) is 5.69 Å². The minimum Gasteiger partial charge on any atom is -0.324 e. The number of amides is 1. The second-order valence-corrected chi connectivity index (χ2v) is 10.6. The van der Waals surface area contributed by atoms with Gasteiger partial charge in [0.2, 0.25) is 5.91 Å². The van der Waals surface area contributed by atoms with Crippen LogP contribution in [-0.4, -0.2) is 34.3 Å². The highest BCUT2D eigenvalue weighted by molar-refractivity contribution is 7.99. The molecule has 0 aliphatic carbocycles. The van der Waals surface area contributed by atoms with E-state index >= 15 is 0 Å². The van der Waals surface area contributed by atoms with Crippen molar-refractivity contribution in [2.75, 3.05) is 16.9 Å². The molecule has 3 aromatic rings. The van der Waals surface area contributed by atoms with Crippen LogP contribution in [0, 0.1) is 5.92 Å². The number of para-hydroxylation sites is 1. The normalized spacial score (nSPS) is 29.2. The van der Waals surface area contributed by atoms with Gasteiger partial charge in [-0.1, -0.05) is 48.0 Å². The first kappa shape index (κ1) is 19.6. The Morgan fingerprint density at radius 3 is 2.68 bits per heavy atom. The molecule has 0 bridgehead atoms. The van der Waals surface area contributed by atoms with Crippen molar-refractivity contribution in [1.29, 1.82) is 0 Å². The molecule has 1 spiro atoms. The van der Waals surface area contributed by atoms with E-state index < -0.39 is 11.5 Å². The van der Waals surface area contributed by atoms with E-state index in [-0.39, 0.29) is 23.7 Å². The van der Waals surface area contributed by atoms with Crippen LogP contribution in [-0.2, 0) is 10.3 Å². The Kier molecular flexibility index (Phi) is 4.54. The van der Waals surface area contributed by atoms with Gasteiger partial charge in [0.1, 0.15) is 5.54 Å². The molecule has 1 N–H and O–H groups in total. The van der Waals surface area contributed by atoms with E-state index in [9.17, 15) is 9.59 Å². The van der Waals surface area contributed by atoms with Crippen molar-refractivity contribution in [1.82, 2.24) is 4.90 Å². The van der Waals surface area contributed by atoms with E-state index in [0.717, 1.165) is 28.4 Å². The van der Waals surface area contributed by atoms with E-state index in [2.05, 4.69) is 10.2 Å². The molecule has 7 heteroatoms. The Bertz CT molecular complexity index is 1180. The zero-order valence-electron chi connectivity index (χ0n) is 16.5. The number of thioether (sulfide) groups is 1. The number of halogens is 1. The van der Waals surface area contributed by atoms with Crippen molar-refractivity contribution < 1.29 is 9.59 Å². The summed E-state index contributed by atoms with van der Waals surface area (Å²) in [5, 5.41) is 5.68. The van der Waals surface area contributed by atoms with Crippen LogP contribution in [0.3, 0.4) is 0 Å². The summed E-state index contributed by atoms with van der Waals surface area (Å²) >= 11 is 9.45. The SMILES string of the molecule is O=C(c1cccs1)[C@@H]1[C@H](c2ccc(Cl)cc2)[C@@H]2CSCN2[C@]12C(=O)Nc1ccccc12. The Labute approximate surface area is 193 Å². The quantitative estimate of drug-likeness (QED) is 0.537. The lowest BCUT2D eigenvalue weighted by molar-refractivity contribution is -0.127. The Hall–Kier alpha value is -2.12.